The smallest absolute Gasteiger partial charge is 0.240 e. The van der Waals surface area contributed by atoms with Gasteiger partial charge in [-0.1, -0.05) is 18.1 Å². The van der Waals surface area contributed by atoms with Crippen molar-refractivity contribution in [1.82, 2.24) is 10.1 Å². The molecular weight excluding hydrogens is 328 g/mol. The Hall–Kier alpha value is -2.16. The minimum atomic E-state index is -1.67. The van der Waals surface area contributed by atoms with Crippen molar-refractivity contribution in [1.29, 1.82) is 0 Å². The Kier molecular flexibility index (Phi) is 5.54. The topological polar surface area (TPSA) is 85.1 Å². The van der Waals surface area contributed by atoms with Crippen LogP contribution in [0, 0.1) is 11.6 Å². The van der Waals surface area contributed by atoms with Crippen LogP contribution < -0.4 is 5.32 Å². The highest BCUT2D eigenvalue weighted by Crippen LogP contribution is 2.19. The number of rotatable bonds is 6. The second kappa shape index (κ2) is 7.40. The van der Waals surface area contributed by atoms with Gasteiger partial charge >= 0.3 is 0 Å². The maximum Gasteiger partial charge on any atom is 0.240 e. The van der Waals surface area contributed by atoms with E-state index >= 15 is 0 Å². The zero-order valence-corrected chi connectivity index (χ0v) is 13.3. The summed E-state index contributed by atoms with van der Waals surface area (Å²) in [6.07, 6.45) is 0.568. The molecule has 2 atom stereocenters. The van der Waals surface area contributed by atoms with Gasteiger partial charge in [0.1, 0.15) is 28.3 Å². The van der Waals surface area contributed by atoms with Gasteiger partial charge in [0.2, 0.25) is 11.8 Å². The van der Waals surface area contributed by atoms with Gasteiger partial charge in [-0.15, -0.1) is 0 Å². The molecule has 0 aliphatic rings. The van der Waals surface area contributed by atoms with E-state index in [0.29, 0.717) is 12.2 Å². The SMILES string of the molecule is CCc1noc(C[S@](=O)[C@@H](C)C(=O)Nc2c(F)cccc2F)n1. The van der Waals surface area contributed by atoms with E-state index in [2.05, 4.69) is 15.5 Å². The number of aryl methyl sites for hydroxylation is 1. The minimum absolute atomic E-state index is 0.110. The molecular formula is C14H15F2N3O3S. The van der Waals surface area contributed by atoms with E-state index in [9.17, 15) is 17.8 Å². The van der Waals surface area contributed by atoms with Crippen LogP contribution in [0.1, 0.15) is 25.6 Å². The highest BCUT2D eigenvalue weighted by atomic mass is 32.2. The second-order valence-corrected chi connectivity index (χ2v) is 6.47. The summed E-state index contributed by atoms with van der Waals surface area (Å²) in [5, 5.41) is 4.77. The van der Waals surface area contributed by atoms with Crippen molar-refractivity contribution in [3.05, 3.63) is 41.5 Å². The fraction of sp³-hybridized carbons (Fsp3) is 0.357. The number of carbonyl (C=O) groups excluding carboxylic acids is 1. The molecule has 0 saturated heterocycles. The Balaban J connectivity index is 2.02. The third kappa shape index (κ3) is 4.19. The molecule has 9 heteroatoms. The van der Waals surface area contributed by atoms with Crippen molar-refractivity contribution in [2.24, 2.45) is 0 Å². The molecule has 0 aliphatic carbocycles. The molecule has 0 saturated carbocycles. The molecule has 1 aromatic carbocycles. The van der Waals surface area contributed by atoms with Crippen molar-refractivity contribution in [2.75, 3.05) is 5.32 Å². The number of carbonyl (C=O) groups is 1. The van der Waals surface area contributed by atoms with Crippen LogP contribution in [0.4, 0.5) is 14.5 Å². The first-order valence-corrected chi connectivity index (χ1v) is 8.24. The maximum atomic E-state index is 13.5. The summed E-state index contributed by atoms with van der Waals surface area (Å²) in [7, 11) is -1.67. The molecule has 0 spiro atoms. The summed E-state index contributed by atoms with van der Waals surface area (Å²) in [4.78, 5) is 16.0. The molecule has 1 heterocycles. The molecule has 2 aromatic rings. The summed E-state index contributed by atoms with van der Waals surface area (Å²) in [6.45, 7) is 3.23. The van der Waals surface area contributed by atoms with E-state index in [4.69, 9.17) is 4.52 Å². The number of nitrogens with one attached hydrogen (secondary N) is 1. The lowest BCUT2D eigenvalue weighted by molar-refractivity contribution is -0.115. The van der Waals surface area contributed by atoms with Crippen LogP contribution in [-0.2, 0) is 27.8 Å². The van der Waals surface area contributed by atoms with Gasteiger partial charge in [0, 0.05) is 17.2 Å². The largest absolute Gasteiger partial charge is 0.338 e. The number of aromatic nitrogens is 2. The second-order valence-electron chi connectivity index (χ2n) is 4.71. The third-order valence-corrected chi connectivity index (χ3v) is 4.60. The van der Waals surface area contributed by atoms with Gasteiger partial charge in [0.25, 0.3) is 0 Å². The van der Waals surface area contributed by atoms with E-state index in [1.807, 2.05) is 6.92 Å². The minimum Gasteiger partial charge on any atom is -0.338 e. The molecule has 1 aromatic heterocycles. The summed E-state index contributed by atoms with van der Waals surface area (Å²) < 4.78 is 44.1. The number of nitrogens with zero attached hydrogens (tertiary/aromatic N) is 2. The molecule has 0 fully saturated rings. The summed E-state index contributed by atoms with van der Waals surface area (Å²) >= 11 is 0. The molecule has 0 radical (unpaired) electrons. The Labute approximate surface area is 133 Å². The Bertz CT molecular complexity index is 716. The van der Waals surface area contributed by atoms with Crippen LogP contribution in [0.3, 0.4) is 0 Å². The van der Waals surface area contributed by atoms with Crippen molar-refractivity contribution < 1.29 is 22.3 Å². The summed E-state index contributed by atoms with van der Waals surface area (Å²) in [5.74, 6) is -2.05. The molecule has 2 rings (SSSR count). The van der Waals surface area contributed by atoms with Crippen LogP contribution in [0.5, 0.6) is 0 Å². The van der Waals surface area contributed by atoms with Gasteiger partial charge in [-0.05, 0) is 19.1 Å². The quantitative estimate of drug-likeness (QED) is 0.869. The fourth-order valence-electron chi connectivity index (χ4n) is 1.70. The standard InChI is InChI=1S/C14H15F2N3O3S/c1-3-11-17-12(22-19-11)7-23(21)8(2)14(20)18-13-9(15)5-4-6-10(13)16/h4-6,8H,3,7H2,1-2H3,(H,18,20)/t8-,23-/m0/s1. The number of anilines is 1. The van der Waals surface area contributed by atoms with Crippen LogP contribution in [0.15, 0.2) is 22.7 Å². The first-order chi connectivity index (χ1) is 10.9. The number of halogens is 2. The Morgan fingerprint density at radius 2 is 2.04 bits per heavy atom. The molecule has 23 heavy (non-hydrogen) atoms. The predicted molar refractivity (Wildman–Crippen MR) is 80.0 cm³/mol. The zero-order valence-electron chi connectivity index (χ0n) is 12.5. The van der Waals surface area contributed by atoms with Crippen molar-refractivity contribution in [3.8, 4) is 0 Å². The van der Waals surface area contributed by atoms with Gasteiger partial charge in [-0.25, -0.2) is 8.78 Å². The summed E-state index contributed by atoms with van der Waals surface area (Å²) in [5.41, 5.74) is -0.563. The van der Waals surface area contributed by atoms with Crippen LogP contribution in [0.2, 0.25) is 0 Å². The van der Waals surface area contributed by atoms with E-state index in [1.54, 1.807) is 0 Å². The molecule has 0 unspecified atom stereocenters. The first kappa shape index (κ1) is 17.2. The van der Waals surface area contributed by atoms with E-state index < -0.39 is 39.3 Å². The van der Waals surface area contributed by atoms with E-state index in [-0.39, 0.29) is 11.6 Å². The summed E-state index contributed by atoms with van der Waals surface area (Å²) in [6, 6.07) is 3.22. The van der Waals surface area contributed by atoms with Gasteiger partial charge < -0.3 is 9.84 Å². The number of hydrogen-bond acceptors (Lipinski definition) is 5. The lowest BCUT2D eigenvalue weighted by Gasteiger charge is -2.12. The molecule has 0 aliphatic heterocycles. The lowest BCUT2D eigenvalue weighted by Crippen LogP contribution is -2.30. The number of amides is 1. The molecule has 6 nitrogen and oxygen atoms in total. The van der Waals surface area contributed by atoms with E-state index in [1.165, 1.54) is 13.0 Å². The van der Waals surface area contributed by atoms with Crippen molar-refractivity contribution in [3.63, 3.8) is 0 Å². The third-order valence-electron chi connectivity index (χ3n) is 3.07. The fourth-order valence-corrected chi connectivity index (χ4v) is 2.61. The molecule has 1 N–H and O–H groups in total. The monoisotopic (exact) mass is 343 g/mol. The Morgan fingerprint density at radius 1 is 1.39 bits per heavy atom. The Morgan fingerprint density at radius 3 is 2.61 bits per heavy atom. The van der Waals surface area contributed by atoms with Gasteiger partial charge in [0.15, 0.2) is 5.82 Å². The average Bonchev–Trinajstić information content (AvgIpc) is 2.97. The normalized spacial score (nSPS) is 13.6. The predicted octanol–water partition coefficient (Wildman–Crippen LogP) is 2.19. The molecule has 124 valence electrons. The average molecular weight is 343 g/mol. The first-order valence-electron chi connectivity index (χ1n) is 6.85. The number of hydrogen-bond donors (Lipinski definition) is 1. The van der Waals surface area contributed by atoms with Crippen molar-refractivity contribution in [2.45, 2.75) is 31.3 Å². The van der Waals surface area contributed by atoms with Crippen LogP contribution >= 0.6 is 0 Å². The maximum absolute atomic E-state index is 13.5. The van der Waals surface area contributed by atoms with Gasteiger partial charge in [0.05, 0.1) is 0 Å². The lowest BCUT2D eigenvalue weighted by atomic mass is 10.3. The number of para-hydroxylation sites is 1. The van der Waals surface area contributed by atoms with E-state index in [0.717, 1.165) is 12.1 Å². The molecule has 0 bridgehead atoms. The van der Waals surface area contributed by atoms with Gasteiger partial charge in [-0.3, -0.25) is 9.00 Å². The number of benzene rings is 1. The van der Waals surface area contributed by atoms with Crippen LogP contribution in [0.25, 0.3) is 0 Å². The highest BCUT2D eigenvalue weighted by Gasteiger charge is 2.24. The van der Waals surface area contributed by atoms with Gasteiger partial charge in [-0.2, -0.15) is 4.98 Å². The highest BCUT2D eigenvalue weighted by molar-refractivity contribution is 7.85. The molecule has 1 amide bonds. The van der Waals surface area contributed by atoms with Crippen molar-refractivity contribution >= 4 is 22.4 Å². The zero-order chi connectivity index (χ0) is 17.0. The van der Waals surface area contributed by atoms with Crippen LogP contribution in [-0.4, -0.2) is 25.5 Å².